The van der Waals surface area contributed by atoms with Gasteiger partial charge in [-0.15, -0.1) is 11.3 Å². The van der Waals surface area contributed by atoms with E-state index in [1.807, 2.05) is 18.6 Å². The third kappa shape index (κ3) is 2.92. The standard InChI is InChI=1S/C14H20N4OS/c1-19-9-8-17-7-4-15-13(17)11-18-6-2-3-12(18)14-16-5-10-20-14/h4-5,7,10,12H,2-3,6,8-9,11H2,1H3. The molecule has 0 N–H and O–H groups in total. The molecule has 1 fully saturated rings. The normalized spacial score (nSPS) is 19.8. The number of hydrogen-bond acceptors (Lipinski definition) is 5. The van der Waals surface area contributed by atoms with E-state index in [2.05, 4.69) is 24.8 Å². The van der Waals surface area contributed by atoms with Gasteiger partial charge in [0.25, 0.3) is 0 Å². The minimum atomic E-state index is 0.461. The number of likely N-dealkylation sites (tertiary alicyclic amines) is 1. The number of nitrogens with zero attached hydrogens (tertiary/aromatic N) is 4. The Morgan fingerprint density at radius 3 is 3.15 bits per heavy atom. The van der Waals surface area contributed by atoms with E-state index in [-0.39, 0.29) is 0 Å². The largest absolute Gasteiger partial charge is 0.383 e. The van der Waals surface area contributed by atoms with Crippen molar-refractivity contribution in [3.8, 4) is 0 Å². The molecule has 1 unspecified atom stereocenters. The molecule has 2 aromatic heterocycles. The molecule has 1 aliphatic rings. The van der Waals surface area contributed by atoms with Gasteiger partial charge in [0.1, 0.15) is 10.8 Å². The molecule has 0 aromatic carbocycles. The number of hydrogen-bond donors (Lipinski definition) is 0. The topological polar surface area (TPSA) is 43.2 Å². The van der Waals surface area contributed by atoms with Gasteiger partial charge in [-0.3, -0.25) is 4.90 Å². The lowest BCUT2D eigenvalue weighted by Gasteiger charge is -2.22. The number of thiazole rings is 1. The van der Waals surface area contributed by atoms with Gasteiger partial charge in [0.2, 0.25) is 0 Å². The summed E-state index contributed by atoms with van der Waals surface area (Å²) in [6, 6.07) is 0.461. The first-order valence-electron chi connectivity index (χ1n) is 7.01. The van der Waals surface area contributed by atoms with Crippen LogP contribution in [0.25, 0.3) is 0 Å². The average molecular weight is 292 g/mol. The quantitative estimate of drug-likeness (QED) is 0.819. The lowest BCUT2D eigenvalue weighted by atomic mass is 10.2. The Bertz CT molecular complexity index is 525. The maximum atomic E-state index is 5.15. The van der Waals surface area contributed by atoms with Crippen molar-refractivity contribution in [3.63, 3.8) is 0 Å². The molecule has 0 saturated carbocycles. The number of methoxy groups -OCH3 is 1. The van der Waals surface area contributed by atoms with Gasteiger partial charge >= 0.3 is 0 Å². The van der Waals surface area contributed by atoms with Crippen LogP contribution in [0.3, 0.4) is 0 Å². The van der Waals surface area contributed by atoms with Crippen molar-refractivity contribution in [2.75, 3.05) is 20.3 Å². The van der Waals surface area contributed by atoms with E-state index >= 15 is 0 Å². The summed E-state index contributed by atoms with van der Waals surface area (Å²) in [4.78, 5) is 11.5. The Labute approximate surface area is 123 Å². The van der Waals surface area contributed by atoms with Crippen molar-refractivity contribution in [1.82, 2.24) is 19.4 Å². The van der Waals surface area contributed by atoms with E-state index in [1.165, 1.54) is 17.8 Å². The highest BCUT2D eigenvalue weighted by atomic mass is 32.1. The number of aromatic nitrogens is 3. The molecule has 1 aliphatic heterocycles. The Kier molecular flexibility index (Phi) is 4.44. The van der Waals surface area contributed by atoms with Crippen molar-refractivity contribution in [2.45, 2.75) is 32.0 Å². The monoisotopic (exact) mass is 292 g/mol. The molecule has 0 spiro atoms. The van der Waals surface area contributed by atoms with E-state index in [1.54, 1.807) is 18.4 Å². The van der Waals surface area contributed by atoms with E-state index in [9.17, 15) is 0 Å². The molecule has 3 rings (SSSR count). The van der Waals surface area contributed by atoms with Crippen LogP contribution in [0.15, 0.2) is 24.0 Å². The van der Waals surface area contributed by atoms with Crippen LogP contribution < -0.4 is 0 Å². The van der Waals surface area contributed by atoms with Crippen LogP contribution in [0.1, 0.15) is 29.7 Å². The Morgan fingerprint density at radius 1 is 1.40 bits per heavy atom. The second-order valence-corrected chi connectivity index (χ2v) is 5.95. The van der Waals surface area contributed by atoms with Crippen molar-refractivity contribution < 1.29 is 4.74 Å². The molecule has 0 bridgehead atoms. The fourth-order valence-electron chi connectivity index (χ4n) is 2.76. The average Bonchev–Trinajstić information content (AvgIpc) is 3.18. The van der Waals surface area contributed by atoms with E-state index in [0.29, 0.717) is 6.04 Å². The van der Waals surface area contributed by atoms with Crippen molar-refractivity contribution in [2.24, 2.45) is 0 Å². The first kappa shape index (κ1) is 13.7. The highest BCUT2D eigenvalue weighted by molar-refractivity contribution is 7.09. The third-order valence-corrected chi connectivity index (χ3v) is 4.66. The number of rotatable bonds is 6. The molecular weight excluding hydrogens is 272 g/mol. The van der Waals surface area contributed by atoms with Gasteiger partial charge in [-0.1, -0.05) is 0 Å². The summed E-state index contributed by atoms with van der Waals surface area (Å²) >= 11 is 1.75. The second-order valence-electron chi connectivity index (χ2n) is 5.03. The summed E-state index contributed by atoms with van der Waals surface area (Å²) in [7, 11) is 1.73. The number of imidazole rings is 1. The van der Waals surface area contributed by atoms with Crippen molar-refractivity contribution in [1.29, 1.82) is 0 Å². The molecule has 108 valence electrons. The highest BCUT2D eigenvalue weighted by Crippen LogP contribution is 2.33. The van der Waals surface area contributed by atoms with Gasteiger partial charge in [-0.05, 0) is 19.4 Å². The molecule has 3 heterocycles. The van der Waals surface area contributed by atoms with E-state index in [4.69, 9.17) is 4.74 Å². The van der Waals surface area contributed by atoms with Crippen LogP contribution in [0, 0.1) is 0 Å². The van der Waals surface area contributed by atoms with Crippen LogP contribution in [-0.4, -0.2) is 39.7 Å². The highest BCUT2D eigenvalue weighted by Gasteiger charge is 2.28. The van der Waals surface area contributed by atoms with E-state index in [0.717, 1.165) is 32.1 Å². The van der Waals surface area contributed by atoms with Crippen LogP contribution in [0.4, 0.5) is 0 Å². The minimum Gasteiger partial charge on any atom is -0.383 e. The zero-order valence-corrected chi connectivity index (χ0v) is 12.6. The van der Waals surface area contributed by atoms with Gasteiger partial charge < -0.3 is 9.30 Å². The molecule has 1 atom stereocenters. The Hall–Kier alpha value is -1.24. The molecule has 1 saturated heterocycles. The molecule has 5 nitrogen and oxygen atoms in total. The molecule has 0 radical (unpaired) electrons. The third-order valence-electron chi connectivity index (χ3n) is 3.78. The lowest BCUT2D eigenvalue weighted by molar-refractivity contribution is 0.182. The molecule has 0 aliphatic carbocycles. The van der Waals surface area contributed by atoms with Gasteiger partial charge in [0, 0.05) is 37.6 Å². The maximum Gasteiger partial charge on any atom is 0.122 e. The molecular formula is C14H20N4OS. The van der Waals surface area contributed by atoms with Crippen LogP contribution in [0.5, 0.6) is 0 Å². The van der Waals surface area contributed by atoms with Crippen LogP contribution in [-0.2, 0) is 17.8 Å². The second kappa shape index (κ2) is 6.47. The Morgan fingerprint density at radius 2 is 2.35 bits per heavy atom. The van der Waals surface area contributed by atoms with Crippen molar-refractivity contribution >= 4 is 11.3 Å². The van der Waals surface area contributed by atoms with Gasteiger partial charge in [0.15, 0.2) is 0 Å². The van der Waals surface area contributed by atoms with Crippen LogP contribution in [0.2, 0.25) is 0 Å². The summed E-state index contributed by atoms with van der Waals surface area (Å²) in [6.07, 6.45) is 8.24. The smallest absolute Gasteiger partial charge is 0.122 e. The maximum absolute atomic E-state index is 5.15. The molecule has 6 heteroatoms. The summed E-state index contributed by atoms with van der Waals surface area (Å²) < 4.78 is 7.33. The molecule has 2 aromatic rings. The molecule has 0 amide bonds. The van der Waals surface area contributed by atoms with Crippen molar-refractivity contribution in [3.05, 3.63) is 34.8 Å². The Balaban J connectivity index is 1.69. The summed E-state index contributed by atoms with van der Waals surface area (Å²) in [5, 5.41) is 3.29. The zero-order chi connectivity index (χ0) is 13.8. The fourth-order valence-corrected chi connectivity index (χ4v) is 3.57. The predicted molar refractivity (Wildman–Crippen MR) is 78.6 cm³/mol. The lowest BCUT2D eigenvalue weighted by Crippen LogP contribution is -2.25. The van der Waals surface area contributed by atoms with E-state index < -0.39 is 0 Å². The summed E-state index contributed by atoms with van der Waals surface area (Å²) in [5.41, 5.74) is 0. The van der Waals surface area contributed by atoms with Gasteiger partial charge in [-0.2, -0.15) is 0 Å². The number of ether oxygens (including phenoxy) is 1. The van der Waals surface area contributed by atoms with Crippen LogP contribution >= 0.6 is 11.3 Å². The van der Waals surface area contributed by atoms with Gasteiger partial charge in [-0.25, -0.2) is 9.97 Å². The minimum absolute atomic E-state index is 0.461. The SMILES string of the molecule is COCCn1ccnc1CN1CCCC1c1nccs1. The first-order valence-corrected chi connectivity index (χ1v) is 7.89. The molecule has 20 heavy (non-hydrogen) atoms. The summed E-state index contributed by atoms with van der Waals surface area (Å²) in [6.45, 7) is 3.60. The predicted octanol–water partition coefficient (Wildman–Crippen LogP) is 2.32. The zero-order valence-electron chi connectivity index (χ0n) is 11.7. The first-order chi connectivity index (χ1) is 9.88. The fraction of sp³-hybridized carbons (Fsp3) is 0.571. The van der Waals surface area contributed by atoms with Gasteiger partial charge in [0.05, 0.1) is 19.2 Å². The summed E-state index contributed by atoms with van der Waals surface area (Å²) in [5.74, 6) is 1.12.